The minimum absolute atomic E-state index is 0.0105. The number of methoxy groups -OCH3 is 1. The van der Waals surface area contributed by atoms with Gasteiger partial charge in [0.2, 0.25) is 5.28 Å². The van der Waals surface area contributed by atoms with Crippen LogP contribution in [0.25, 0.3) is 11.0 Å². The SMILES string of the molecule is CCC(CC1(OC)CC1)n1cc([N+](=O)[O-])c(OCCCn2nc(C)c3cnc(Cl)nc32)n1. The van der Waals surface area contributed by atoms with E-state index in [2.05, 4.69) is 20.2 Å². The molecule has 3 aromatic heterocycles. The van der Waals surface area contributed by atoms with Gasteiger partial charge in [-0.2, -0.15) is 10.1 Å². The number of hydrogen-bond donors (Lipinski definition) is 0. The van der Waals surface area contributed by atoms with E-state index in [1.807, 2.05) is 13.8 Å². The van der Waals surface area contributed by atoms with Crippen molar-refractivity contribution in [3.63, 3.8) is 0 Å². The molecular weight excluding hydrogens is 438 g/mol. The van der Waals surface area contributed by atoms with Crippen molar-refractivity contribution in [1.29, 1.82) is 0 Å². The summed E-state index contributed by atoms with van der Waals surface area (Å²) in [4.78, 5) is 19.3. The first-order valence-corrected chi connectivity index (χ1v) is 11.0. The summed E-state index contributed by atoms with van der Waals surface area (Å²) in [5.41, 5.74) is 1.20. The van der Waals surface area contributed by atoms with Crippen LogP contribution in [0.5, 0.6) is 5.88 Å². The summed E-state index contributed by atoms with van der Waals surface area (Å²) in [6.07, 6.45) is 7.24. The Balaban J connectivity index is 1.42. The summed E-state index contributed by atoms with van der Waals surface area (Å²) in [7, 11) is 1.71. The fraction of sp³-hybridized carbons (Fsp3) is 0.600. The molecule has 11 nitrogen and oxygen atoms in total. The average molecular weight is 464 g/mol. The Morgan fingerprint density at radius 2 is 2.16 bits per heavy atom. The van der Waals surface area contributed by atoms with Crippen LogP contribution in [0, 0.1) is 17.0 Å². The van der Waals surface area contributed by atoms with Gasteiger partial charge in [0.1, 0.15) is 6.20 Å². The second-order valence-corrected chi connectivity index (χ2v) is 8.43. The third-order valence-electron chi connectivity index (χ3n) is 5.97. The van der Waals surface area contributed by atoms with Crippen LogP contribution in [0.3, 0.4) is 0 Å². The predicted molar refractivity (Wildman–Crippen MR) is 117 cm³/mol. The van der Waals surface area contributed by atoms with Gasteiger partial charge in [0, 0.05) is 26.3 Å². The van der Waals surface area contributed by atoms with E-state index in [1.165, 1.54) is 6.20 Å². The first kappa shape index (κ1) is 22.4. The van der Waals surface area contributed by atoms with Crippen LogP contribution in [0.1, 0.15) is 50.8 Å². The Kier molecular flexibility index (Phi) is 6.29. The number of aromatic nitrogens is 6. The van der Waals surface area contributed by atoms with E-state index in [0.29, 0.717) is 18.6 Å². The van der Waals surface area contributed by atoms with Crippen LogP contribution in [0.2, 0.25) is 5.28 Å². The Labute approximate surface area is 189 Å². The molecule has 0 aliphatic heterocycles. The molecule has 12 heteroatoms. The number of ether oxygens (including phenoxy) is 2. The molecule has 0 spiro atoms. The molecule has 1 fully saturated rings. The number of aryl methyl sites for hydroxylation is 2. The van der Waals surface area contributed by atoms with Crippen molar-refractivity contribution < 1.29 is 14.4 Å². The summed E-state index contributed by atoms with van der Waals surface area (Å²) >= 11 is 5.91. The second-order valence-electron chi connectivity index (χ2n) is 8.10. The minimum Gasteiger partial charge on any atom is -0.472 e. The normalized spacial score (nSPS) is 15.8. The largest absolute Gasteiger partial charge is 0.472 e. The van der Waals surface area contributed by atoms with Gasteiger partial charge in [0.15, 0.2) is 5.65 Å². The van der Waals surface area contributed by atoms with Gasteiger partial charge in [0.05, 0.1) is 34.3 Å². The third kappa shape index (κ3) is 4.53. The molecule has 1 aliphatic rings. The maximum atomic E-state index is 11.5. The topological polar surface area (TPSA) is 123 Å². The monoisotopic (exact) mass is 463 g/mol. The molecule has 0 aromatic carbocycles. The zero-order chi connectivity index (χ0) is 22.9. The second kappa shape index (κ2) is 8.99. The first-order chi connectivity index (χ1) is 15.4. The molecule has 1 atom stereocenters. The number of hydrogen-bond acceptors (Lipinski definition) is 8. The van der Waals surface area contributed by atoms with E-state index >= 15 is 0 Å². The molecule has 1 saturated carbocycles. The lowest BCUT2D eigenvalue weighted by atomic mass is 10.1. The van der Waals surface area contributed by atoms with E-state index in [-0.39, 0.29) is 35.1 Å². The van der Waals surface area contributed by atoms with Crippen molar-refractivity contribution in [2.24, 2.45) is 0 Å². The van der Waals surface area contributed by atoms with Gasteiger partial charge in [-0.05, 0) is 44.2 Å². The lowest BCUT2D eigenvalue weighted by molar-refractivity contribution is -0.386. The molecule has 0 radical (unpaired) electrons. The molecule has 3 aromatic rings. The summed E-state index contributed by atoms with van der Waals surface area (Å²) in [6.45, 7) is 4.68. The highest BCUT2D eigenvalue weighted by molar-refractivity contribution is 6.28. The summed E-state index contributed by atoms with van der Waals surface area (Å²) in [5, 5.41) is 21.4. The van der Waals surface area contributed by atoms with E-state index in [9.17, 15) is 10.1 Å². The number of nitrogens with zero attached hydrogens (tertiary/aromatic N) is 7. The Morgan fingerprint density at radius 3 is 2.81 bits per heavy atom. The third-order valence-corrected chi connectivity index (χ3v) is 6.15. The van der Waals surface area contributed by atoms with Crippen molar-refractivity contribution >= 4 is 28.3 Å². The van der Waals surface area contributed by atoms with Crippen LogP contribution in [0.15, 0.2) is 12.4 Å². The summed E-state index contributed by atoms with van der Waals surface area (Å²) in [6, 6.07) is 0.0105. The van der Waals surface area contributed by atoms with Crippen LogP contribution >= 0.6 is 11.6 Å². The smallest absolute Gasteiger partial charge is 0.350 e. The molecule has 32 heavy (non-hydrogen) atoms. The van der Waals surface area contributed by atoms with Crippen molar-refractivity contribution in [2.75, 3.05) is 13.7 Å². The average Bonchev–Trinajstić information content (AvgIpc) is 3.31. The van der Waals surface area contributed by atoms with Gasteiger partial charge in [0.25, 0.3) is 0 Å². The van der Waals surface area contributed by atoms with Gasteiger partial charge < -0.3 is 9.47 Å². The Hall–Kier alpha value is -2.79. The van der Waals surface area contributed by atoms with Gasteiger partial charge in [-0.15, -0.1) is 5.10 Å². The molecule has 3 heterocycles. The van der Waals surface area contributed by atoms with Crippen molar-refractivity contribution in [3.05, 3.63) is 33.5 Å². The summed E-state index contributed by atoms with van der Waals surface area (Å²) in [5.74, 6) is 0.0302. The van der Waals surface area contributed by atoms with Crippen LogP contribution in [-0.4, -0.2) is 53.8 Å². The zero-order valence-electron chi connectivity index (χ0n) is 18.3. The number of fused-ring (bicyclic) bond motifs is 1. The van der Waals surface area contributed by atoms with Crippen LogP contribution < -0.4 is 4.74 Å². The van der Waals surface area contributed by atoms with Crippen LogP contribution in [0.4, 0.5) is 5.69 Å². The lowest BCUT2D eigenvalue weighted by Crippen LogP contribution is -2.20. The molecule has 0 N–H and O–H groups in total. The molecule has 0 bridgehead atoms. The number of rotatable bonds is 11. The van der Waals surface area contributed by atoms with E-state index in [4.69, 9.17) is 21.1 Å². The standard InChI is InChI=1S/C20H26ClN7O4/c1-4-14(10-20(31-3)6-7-20)27-12-16(28(29)30)18(25-27)32-9-5-8-26-17-15(13(2)24-26)11-22-19(21)23-17/h11-12,14H,4-10H2,1-3H3. The van der Waals surface area contributed by atoms with Crippen molar-refractivity contribution in [1.82, 2.24) is 29.5 Å². The molecule has 0 saturated heterocycles. The molecule has 1 unspecified atom stereocenters. The van der Waals surface area contributed by atoms with E-state index in [0.717, 1.165) is 36.8 Å². The first-order valence-electron chi connectivity index (χ1n) is 10.6. The van der Waals surface area contributed by atoms with Gasteiger partial charge >= 0.3 is 11.6 Å². The van der Waals surface area contributed by atoms with Crippen molar-refractivity contribution in [3.8, 4) is 5.88 Å². The van der Waals surface area contributed by atoms with Crippen molar-refractivity contribution in [2.45, 2.75) is 64.1 Å². The zero-order valence-corrected chi connectivity index (χ0v) is 19.1. The minimum atomic E-state index is -0.460. The van der Waals surface area contributed by atoms with Crippen LogP contribution in [-0.2, 0) is 11.3 Å². The van der Waals surface area contributed by atoms with Gasteiger partial charge in [-0.3, -0.25) is 14.8 Å². The highest BCUT2D eigenvalue weighted by Gasteiger charge is 2.45. The van der Waals surface area contributed by atoms with Gasteiger partial charge in [-0.25, -0.2) is 9.67 Å². The Bertz CT molecular complexity index is 1120. The molecule has 172 valence electrons. The fourth-order valence-corrected chi connectivity index (χ4v) is 4.02. The molecule has 1 aliphatic carbocycles. The fourth-order valence-electron chi connectivity index (χ4n) is 3.89. The molecule has 4 rings (SSSR count). The molecular formula is C20H26ClN7O4. The number of halogens is 1. The maximum Gasteiger partial charge on any atom is 0.350 e. The summed E-state index contributed by atoms with van der Waals surface area (Å²) < 4.78 is 14.7. The molecule has 0 amide bonds. The Morgan fingerprint density at radius 1 is 1.38 bits per heavy atom. The van der Waals surface area contributed by atoms with Gasteiger partial charge in [-0.1, -0.05) is 6.92 Å². The van der Waals surface area contributed by atoms with E-state index < -0.39 is 4.92 Å². The highest BCUT2D eigenvalue weighted by atomic mass is 35.5. The lowest BCUT2D eigenvalue weighted by Gasteiger charge is -2.21. The number of nitro groups is 1. The van der Waals surface area contributed by atoms with E-state index in [1.54, 1.807) is 22.7 Å². The quantitative estimate of drug-likeness (QED) is 0.181. The predicted octanol–water partition coefficient (Wildman–Crippen LogP) is 3.88. The maximum absolute atomic E-state index is 11.5. The highest BCUT2D eigenvalue weighted by Crippen LogP contribution is 2.46.